The molecule has 1 aliphatic rings. The molecule has 0 N–H and O–H groups in total. The molecule has 1 unspecified atom stereocenters. The van der Waals surface area contributed by atoms with Gasteiger partial charge in [-0.05, 0) is 79.1 Å². The molecule has 3 aromatic rings. The molecule has 0 radical (unpaired) electrons. The fourth-order valence-electron chi connectivity index (χ4n) is 5.08. The molecule has 0 aromatic heterocycles. The third-order valence-electron chi connectivity index (χ3n) is 7.04. The van der Waals surface area contributed by atoms with E-state index in [1.165, 1.54) is 50.6 Å². The van der Waals surface area contributed by atoms with Crippen molar-refractivity contribution < 1.29 is 41.4 Å². The van der Waals surface area contributed by atoms with E-state index in [0.717, 1.165) is 0 Å². The molecule has 8 nitrogen and oxygen atoms in total. The SMILES string of the molecule is CCOP(=O)(OCC)C(c1ccc(OC)cc1)N1C/C(=C\c2ccc(F)c(OC)c2)C(=O)/C(=C/c2ccc(F)c(OC)c2)C1. The van der Waals surface area contributed by atoms with Crippen LogP contribution >= 0.6 is 7.60 Å². The van der Waals surface area contributed by atoms with Crippen LogP contribution in [-0.2, 0) is 18.4 Å². The van der Waals surface area contributed by atoms with Crippen molar-refractivity contribution in [2.45, 2.75) is 19.6 Å². The highest BCUT2D eigenvalue weighted by Gasteiger charge is 2.44. The molecule has 1 fully saturated rings. The minimum Gasteiger partial charge on any atom is -0.497 e. The first-order chi connectivity index (χ1) is 21.2. The zero-order chi connectivity index (χ0) is 31.9. The van der Waals surface area contributed by atoms with Gasteiger partial charge in [0.25, 0.3) is 0 Å². The van der Waals surface area contributed by atoms with Crippen LogP contribution < -0.4 is 14.2 Å². The molecule has 1 heterocycles. The van der Waals surface area contributed by atoms with Crippen LogP contribution in [0.5, 0.6) is 17.2 Å². The van der Waals surface area contributed by atoms with Gasteiger partial charge in [-0.15, -0.1) is 0 Å². The summed E-state index contributed by atoms with van der Waals surface area (Å²) in [4.78, 5) is 15.8. The quantitative estimate of drug-likeness (QED) is 0.153. The van der Waals surface area contributed by atoms with Crippen LogP contribution in [0.4, 0.5) is 8.78 Å². The second kappa shape index (κ2) is 14.8. The normalized spacial score (nSPS) is 16.8. The summed E-state index contributed by atoms with van der Waals surface area (Å²) >= 11 is 0. The number of piperidine rings is 1. The lowest BCUT2D eigenvalue weighted by Crippen LogP contribution is -2.40. The Morgan fingerprint density at radius 2 is 1.25 bits per heavy atom. The van der Waals surface area contributed by atoms with Crippen molar-refractivity contribution in [3.05, 3.63) is 100 Å². The zero-order valence-electron chi connectivity index (χ0n) is 25.3. The van der Waals surface area contributed by atoms with E-state index in [2.05, 4.69) is 0 Å². The van der Waals surface area contributed by atoms with Gasteiger partial charge < -0.3 is 23.3 Å². The second-order valence-corrected chi connectivity index (χ2v) is 12.0. The minimum absolute atomic E-state index is 0.0296. The van der Waals surface area contributed by atoms with Crippen LogP contribution in [-0.4, -0.2) is 58.3 Å². The molecule has 0 aliphatic carbocycles. The van der Waals surface area contributed by atoms with Crippen LogP contribution in [0.2, 0.25) is 0 Å². The molecule has 1 atom stereocenters. The second-order valence-electron chi connectivity index (χ2n) is 9.88. The van der Waals surface area contributed by atoms with E-state index in [-0.39, 0.29) is 43.6 Å². The van der Waals surface area contributed by atoms with Gasteiger partial charge in [0.2, 0.25) is 0 Å². The number of hydrogen-bond donors (Lipinski definition) is 0. The van der Waals surface area contributed by atoms with E-state index in [0.29, 0.717) is 33.6 Å². The Kier molecular flexibility index (Phi) is 11.1. The van der Waals surface area contributed by atoms with Gasteiger partial charge in [0, 0.05) is 24.2 Å². The van der Waals surface area contributed by atoms with Crippen LogP contribution in [0.25, 0.3) is 12.2 Å². The number of carbonyl (C=O) groups is 1. The van der Waals surface area contributed by atoms with E-state index in [1.54, 1.807) is 57.4 Å². The molecule has 44 heavy (non-hydrogen) atoms. The molecule has 3 aromatic carbocycles. The number of carbonyl (C=O) groups excluding carboxylic acids is 1. The third kappa shape index (κ3) is 7.45. The topological polar surface area (TPSA) is 83.5 Å². The monoisotopic (exact) mass is 627 g/mol. The van der Waals surface area contributed by atoms with Crippen molar-refractivity contribution in [2.75, 3.05) is 47.6 Å². The van der Waals surface area contributed by atoms with Crippen molar-refractivity contribution in [2.24, 2.45) is 0 Å². The maximum Gasteiger partial charge on any atom is 0.352 e. The number of hydrogen-bond acceptors (Lipinski definition) is 8. The Bertz CT molecular complexity index is 1500. The lowest BCUT2D eigenvalue weighted by Gasteiger charge is -2.39. The van der Waals surface area contributed by atoms with Crippen molar-refractivity contribution in [1.29, 1.82) is 0 Å². The van der Waals surface area contributed by atoms with Crippen LogP contribution in [0, 0.1) is 11.6 Å². The lowest BCUT2D eigenvalue weighted by atomic mass is 9.93. The first-order valence-electron chi connectivity index (χ1n) is 14.1. The van der Waals surface area contributed by atoms with E-state index in [1.807, 2.05) is 4.90 Å². The zero-order valence-corrected chi connectivity index (χ0v) is 26.2. The first kappa shape index (κ1) is 33.1. The summed E-state index contributed by atoms with van der Waals surface area (Å²) < 4.78 is 70.1. The van der Waals surface area contributed by atoms with Gasteiger partial charge >= 0.3 is 7.60 Å². The van der Waals surface area contributed by atoms with E-state index >= 15 is 0 Å². The number of ether oxygens (including phenoxy) is 3. The number of halogens is 2. The molecule has 1 aliphatic heterocycles. The molecule has 0 amide bonds. The lowest BCUT2D eigenvalue weighted by molar-refractivity contribution is -0.113. The molecule has 1 saturated heterocycles. The highest BCUT2D eigenvalue weighted by atomic mass is 31.2. The molecule has 0 spiro atoms. The highest BCUT2D eigenvalue weighted by molar-refractivity contribution is 7.54. The maximum absolute atomic E-state index is 14.5. The Balaban J connectivity index is 1.89. The summed E-state index contributed by atoms with van der Waals surface area (Å²) in [6.45, 7) is 3.88. The van der Waals surface area contributed by atoms with Gasteiger partial charge in [0.05, 0.1) is 34.5 Å². The largest absolute Gasteiger partial charge is 0.497 e. The summed E-state index contributed by atoms with van der Waals surface area (Å²) in [7, 11) is 0.434. The molecule has 234 valence electrons. The number of Topliss-reactive ketones (excluding diaryl/α,β-unsaturated/α-hetero) is 1. The van der Waals surface area contributed by atoms with E-state index in [9.17, 15) is 18.1 Å². The maximum atomic E-state index is 14.5. The molecular formula is C33H36F2NO7P. The Labute approximate surface area is 256 Å². The molecule has 0 saturated carbocycles. The van der Waals surface area contributed by atoms with Gasteiger partial charge in [-0.3, -0.25) is 14.3 Å². The predicted molar refractivity (Wildman–Crippen MR) is 165 cm³/mol. The predicted octanol–water partition coefficient (Wildman–Crippen LogP) is 7.31. The smallest absolute Gasteiger partial charge is 0.352 e. The Morgan fingerprint density at radius 1 is 0.773 bits per heavy atom. The summed E-state index contributed by atoms with van der Waals surface area (Å²) in [6, 6.07) is 15.7. The number of benzene rings is 3. The average Bonchev–Trinajstić information content (AvgIpc) is 3.01. The first-order valence-corrected chi connectivity index (χ1v) is 15.7. The summed E-state index contributed by atoms with van der Waals surface area (Å²) in [6.07, 6.45) is 3.29. The summed E-state index contributed by atoms with van der Waals surface area (Å²) in [5, 5.41) is 0. The van der Waals surface area contributed by atoms with Crippen LogP contribution in [0.3, 0.4) is 0 Å². The van der Waals surface area contributed by atoms with Gasteiger partial charge in [-0.25, -0.2) is 8.78 Å². The van der Waals surface area contributed by atoms with E-state index < -0.39 is 25.0 Å². The number of likely N-dealkylation sites (tertiary alicyclic amines) is 1. The van der Waals surface area contributed by atoms with Crippen LogP contribution in [0.15, 0.2) is 71.8 Å². The Morgan fingerprint density at radius 3 is 1.66 bits per heavy atom. The van der Waals surface area contributed by atoms with Crippen LogP contribution in [0.1, 0.15) is 36.3 Å². The standard InChI is InChI=1S/C33H36F2NO7P/c1-6-42-44(38,43-7-2)33(24-10-12-27(39-3)13-11-24)36-20-25(16-22-8-14-28(34)30(18-22)40-4)32(37)26(21-36)17-23-9-15-29(35)31(19-23)41-5/h8-19,33H,6-7,20-21H2,1-5H3/b25-16+,26-17+. The highest BCUT2D eigenvalue weighted by Crippen LogP contribution is 2.63. The fraction of sp³-hybridized carbons (Fsp3) is 0.303. The molecule has 4 rings (SSSR count). The van der Waals surface area contributed by atoms with E-state index in [4.69, 9.17) is 23.3 Å². The number of rotatable bonds is 12. The Hall–Kier alpha value is -3.82. The van der Waals surface area contributed by atoms with Crippen molar-refractivity contribution in [3.8, 4) is 17.2 Å². The fourth-order valence-corrected chi connectivity index (χ4v) is 7.26. The molecular weight excluding hydrogens is 591 g/mol. The van der Waals surface area contributed by atoms with Crippen molar-refractivity contribution >= 4 is 25.5 Å². The summed E-state index contributed by atoms with van der Waals surface area (Å²) in [5.74, 6) is -1.58. The number of ketones is 1. The van der Waals surface area contributed by atoms with Gasteiger partial charge in [0.1, 0.15) is 11.5 Å². The van der Waals surface area contributed by atoms with Gasteiger partial charge in [-0.1, -0.05) is 24.3 Å². The van der Waals surface area contributed by atoms with Crippen molar-refractivity contribution in [1.82, 2.24) is 4.90 Å². The minimum atomic E-state index is -3.84. The third-order valence-corrected chi connectivity index (χ3v) is 9.50. The summed E-state index contributed by atoms with van der Waals surface area (Å²) in [5.41, 5.74) is 2.41. The molecule has 0 bridgehead atoms. The van der Waals surface area contributed by atoms with Gasteiger partial charge in [-0.2, -0.15) is 0 Å². The molecule has 11 heteroatoms. The number of methoxy groups -OCH3 is 3. The average molecular weight is 628 g/mol. The number of nitrogens with zero attached hydrogens (tertiary/aromatic N) is 1. The van der Waals surface area contributed by atoms with Gasteiger partial charge in [0.15, 0.2) is 28.9 Å². The van der Waals surface area contributed by atoms with Crippen molar-refractivity contribution in [3.63, 3.8) is 0 Å².